The number of halogens is 1. The Morgan fingerprint density at radius 1 is 0.927 bits per heavy atom. The minimum absolute atomic E-state index is 0.0258. The second-order valence-electron chi connectivity index (χ2n) is 9.23. The number of hydrogen-bond acceptors (Lipinski definition) is 6. The van der Waals surface area contributed by atoms with Gasteiger partial charge in [-0.25, -0.2) is 8.42 Å². The van der Waals surface area contributed by atoms with Gasteiger partial charge in [-0.1, -0.05) is 35.0 Å². The van der Waals surface area contributed by atoms with Crippen molar-refractivity contribution in [1.29, 1.82) is 0 Å². The minimum atomic E-state index is -4.16. The summed E-state index contributed by atoms with van der Waals surface area (Å²) in [4.78, 5) is 28.3. The van der Waals surface area contributed by atoms with Crippen molar-refractivity contribution in [3.63, 3.8) is 0 Å². The number of nitrogens with zero attached hydrogens (tertiary/aromatic N) is 2. The van der Waals surface area contributed by atoms with E-state index in [4.69, 9.17) is 9.47 Å². The van der Waals surface area contributed by atoms with Crippen LogP contribution in [0, 0.1) is 0 Å². The largest absolute Gasteiger partial charge is 0.497 e. The van der Waals surface area contributed by atoms with Crippen molar-refractivity contribution in [1.82, 2.24) is 10.2 Å². The molecule has 0 bridgehead atoms. The molecule has 3 aromatic rings. The predicted molar refractivity (Wildman–Crippen MR) is 163 cm³/mol. The molecule has 3 rings (SSSR count). The molecule has 2 amide bonds. The summed E-state index contributed by atoms with van der Waals surface area (Å²) in [6, 6.07) is 19.0. The van der Waals surface area contributed by atoms with Gasteiger partial charge in [0.15, 0.2) is 0 Å². The molecular weight excluding hydrogens is 610 g/mol. The van der Waals surface area contributed by atoms with Gasteiger partial charge in [0.05, 0.1) is 24.3 Å². The fraction of sp³-hybridized carbons (Fsp3) is 0.333. The van der Waals surface area contributed by atoms with Crippen LogP contribution in [-0.4, -0.2) is 58.0 Å². The van der Waals surface area contributed by atoms with E-state index in [1.807, 2.05) is 13.8 Å². The quantitative estimate of drug-likeness (QED) is 0.265. The first-order valence-electron chi connectivity index (χ1n) is 13.3. The van der Waals surface area contributed by atoms with Gasteiger partial charge in [0.2, 0.25) is 11.8 Å². The van der Waals surface area contributed by atoms with Gasteiger partial charge in [-0.2, -0.15) is 0 Å². The van der Waals surface area contributed by atoms with Crippen LogP contribution in [0.4, 0.5) is 5.69 Å². The lowest BCUT2D eigenvalue weighted by atomic mass is 10.1. The highest BCUT2D eigenvalue weighted by Crippen LogP contribution is 2.27. The number of methoxy groups -OCH3 is 1. The lowest BCUT2D eigenvalue weighted by Crippen LogP contribution is -2.51. The van der Waals surface area contributed by atoms with Gasteiger partial charge in [-0.15, -0.1) is 0 Å². The van der Waals surface area contributed by atoms with Crippen LogP contribution in [0.5, 0.6) is 11.5 Å². The Balaban J connectivity index is 2.01. The van der Waals surface area contributed by atoms with Crippen LogP contribution < -0.4 is 19.1 Å². The van der Waals surface area contributed by atoms with Crippen molar-refractivity contribution in [2.45, 2.75) is 44.7 Å². The molecule has 0 aliphatic rings. The van der Waals surface area contributed by atoms with Gasteiger partial charge in [-0.3, -0.25) is 13.9 Å². The van der Waals surface area contributed by atoms with Crippen LogP contribution in [0.1, 0.15) is 32.8 Å². The van der Waals surface area contributed by atoms with E-state index < -0.39 is 28.5 Å². The Bertz CT molecular complexity index is 1400. The monoisotopic (exact) mass is 645 g/mol. The summed E-state index contributed by atoms with van der Waals surface area (Å²) in [7, 11) is -2.60. The van der Waals surface area contributed by atoms with Crippen LogP contribution in [0.3, 0.4) is 0 Å². The first-order chi connectivity index (χ1) is 19.6. The van der Waals surface area contributed by atoms with E-state index in [0.717, 1.165) is 20.8 Å². The first-order valence-corrected chi connectivity index (χ1v) is 15.5. The molecule has 41 heavy (non-hydrogen) atoms. The molecule has 1 atom stereocenters. The molecule has 0 unspecified atom stereocenters. The van der Waals surface area contributed by atoms with Crippen molar-refractivity contribution in [2.75, 3.05) is 31.1 Å². The van der Waals surface area contributed by atoms with Gasteiger partial charge >= 0.3 is 0 Å². The third-order valence-electron chi connectivity index (χ3n) is 6.34. The topological polar surface area (TPSA) is 105 Å². The van der Waals surface area contributed by atoms with E-state index in [-0.39, 0.29) is 23.0 Å². The average molecular weight is 647 g/mol. The van der Waals surface area contributed by atoms with Gasteiger partial charge in [0.1, 0.15) is 24.1 Å². The zero-order valence-corrected chi connectivity index (χ0v) is 26.1. The molecule has 9 nitrogen and oxygen atoms in total. The third-order valence-corrected chi connectivity index (χ3v) is 8.66. The summed E-state index contributed by atoms with van der Waals surface area (Å²) in [6.07, 6.45) is 0.738. The molecule has 0 aliphatic heterocycles. The maximum atomic E-state index is 14.0. The van der Waals surface area contributed by atoms with E-state index in [1.165, 1.54) is 17.0 Å². The highest BCUT2D eigenvalue weighted by molar-refractivity contribution is 9.10. The SMILES string of the molecule is CCCNC(=O)[C@@H](C)N(Cc1ccc(OC)cc1)C(=O)CN(c1ccc(OCC)cc1)S(=O)(=O)c1ccc(Br)cc1. The summed E-state index contributed by atoms with van der Waals surface area (Å²) >= 11 is 3.34. The highest BCUT2D eigenvalue weighted by Gasteiger charge is 2.32. The van der Waals surface area contributed by atoms with Crippen molar-refractivity contribution in [2.24, 2.45) is 0 Å². The van der Waals surface area contributed by atoms with Gasteiger partial charge in [-0.05, 0) is 86.5 Å². The summed E-state index contributed by atoms with van der Waals surface area (Å²) in [6.45, 7) is 5.92. The number of rotatable bonds is 14. The molecular formula is C30H36BrN3O6S. The van der Waals surface area contributed by atoms with Crippen LogP contribution in [0.15, 0.2) is 82.2 Å². The molecule has 0 aromatic heterocycles. The first kappa shape index (κ1) is 32.0. The molecule has 0 radical (unpaired) electrons. The van der Waals surface area contributed by atoms with E-state index >= 15 is 0 Å². The summed E-state index contributed by atoms with van der Waals surface area (Å²) in [5, 5.41) is 2.83. The minimum Gasteiger partial charge on any atom is -0.497 e. The lowest BCUT2D eigenvalue weighted by molar-refractivity contribution is -0.139. The van der Waals surface area contributed by atoms with Crippen LogP contribution in [0.25, 0.3) is 0 Å². The Labute approximate surface area is 250 Å². The Hall–Kier alpha value is -3.57. The maximum absolute atomic E-state index is 14.0. The lowest BCUT2D eigenvalue weighted by Gasteiger charge is -2.32. The number of hydrogen-bond donors (Lipinski definition) is 1. The number of carbonyl (C=O) groups excluding carboxylic acids is 2. The number of carbonyl (C=O) groups is 2. The number of benzene rings is 3. The van der Waals surface area contributed by atoms with E-state index in [0.29, 0.717) is 24.7 Å². The third kappa shape index (κ3) is 8.46. The van der Waals surface area contributed by atoms with Crippen molar-refractivity contribution in [3.8, 4) is 11.5 Å². The normalized spacial score (nSPS) is 11.8. The molecule has 0 heterocycles. The van der Waals surface area contributed by atoms with E-state index in [1.54, 1.807) is 74.7 Å². The van der Waals surface area contributed by atoms with Crippen LogP contribution in [0.2, 0.25) is 0 Å². The second-order valence-corrected chi connectivity index (χ2v) is 12.0. The summed E-state index contributed by atoms with van der Waals surface area (Å²) in [5.41, 5.74) is 1.05. The molecule has 11 heteroatoms. The van der Waals surface area contributed by atoms with Crippen LogP contribution >= 0.6 is 15.9 Å². The standard InChI is InChI=1S/C30H36BrN3O6S/c1-5-19-32-30(36)22(3)33(20-23-7-13-26(39-4)14-8-23)29(35)21-34(25-11-15-27(16-12-25)40-6-2)41(37,38)28-17-9-24(31)10-18-28/h7-18,22H,5-6,19-21H2,1-4H3,(H,32,36)/t22-/m1/s1. The van der Waals surface area contributed by atoms with E-state index in [2.05, 4.69) is 21.2 Å². The summed E-state index contributed by atoms with van der Waals surface area (Å²) in [5.74, 6) is 0.375. The molecule has 220 valence electrons. The maximum Gasteiger partial charge on any atom is 0.264 e. The Morgan fingerprint density at radius 2 is 1.54 bits per heavy atom. The van der Waals surface area contributed by atoms with E-state index in [9.17, 15) is 18.0 Å². The smallest absolute Gasteiger partial charge is 0.264 e. The number of anilines is 1. The fourth-order valence-electron chi connectivity index (χ4n) is 4.04. The van der Waals surface area contributed by atoms with Gasteiger partial charge in [0, 0.05) is 17.6 Å². The molecule has 0 saturated carbocycles. The average Bonchev–Trinajstić information content (AvgIpc) is 2.98. The second kappa shape index (κ2) is 14.9. The van der Waals surface area contributed by atoms with Gasteiger partial charge in [0.25, 0.3) is 10.0 Å². The molecule has 3 aromatic carbocycles. The molecule has 0 fully saturated rings. The number of amides is 2. The van der Waals surface area contributed by atoms with Crippen LogP contribution in [-0.2, 0) is 26.2 Å². The summed E-state index contributed by atoms with van der Waals surface area (Å²) < 4.78 is 40.3. The van der Waals surface area contributed by atoms with Gasteiger partial charge < -0.3 is 19.7 Å². The predicted octanol–water partition coefficient (Wildman–Crippen LogP) is 5.00. The van der Waals surface area contributed by atoms with Crippen molar-refractivity contribution < 1.29 is 27.5 Å². The molecule has 0 saturated heterocycles. The molecule has 1 N–H and O–H groups in total. The highest BCUT2D eigenvalue weighted by atomic mass is 79.9. The fourth-order valence-corrected chi connectivity index (χ4v) is 5.72. The zero-order valence-electron chi connectivity index (χ0n) is 23.7. The number of sulfonamides is 1. The zero-order chi connectivity index (χ0) is 30.0. The number of ether oxygens (including phenoxy) is 2. The van der Waals surface area contributed by atoms with Crippen molar-refractivity contribution in [3.05, 3.63) is 82.8 Å². The number of nitrogens with one attached hydrogen (secondary N) is 1. The molecule has 0 spiro atoms. The Morgan fingerprint density at radius 3 is 2.10 bits per heavy atom. The van der Waals surface area contributed by atoms with Crippen molar-refractivity contribution >= 4 is 43.5 Å². The molecule has 0 aliphatic carbocycles. The Kier molecular flexibility index (Phi) is 11.6.